The average molecular weight is 361 g/mol. The monoisotopic (exact) mass is 360 g/mol. The molecule has 1 aliphatic carbocycles. The van der Waals surface area contributed by atoms with Gasteiger partial charge in [-0.2, -0.15) is 0 Å². The molecule has 0 atom stereocenters. The Bertz CT molecular complexity index is 989. The van der Waals surface area contributed by atoms with E-state index in [4.69, 9.17) is 11.6 Å². The molecule has 1 fully saturated rings. The summed E-state index contributed by atoms with van der Waals surface area (Å²) in [4.78, 5) is 3.52. The maximum atomic E-state index is 12.5. The summed E-state index contributed by atoms with van der Waals surface area (Å²) in [6, 6.07) is 14.3. The topological polar surface area (TPSA) is 62.0 Å². The van der Waals surface area contributed by atoms with Crippen molar-refractivity contribution >= 4 is 32.5 Å². The van der Waals surface area contributed by atoms with Crippen molar-refractivity contribution in [2.45, 2.75) is 23.2 Å². The Morgan fingerprint density at radius 2 is 1.79 bits per heavy atom. The second-order valence-electron chi connectivity index (χ2n) is 6.31. The Balaban J connectivity index is 1.58. The first-order chi connectivity index (χ1) is 11.5. The highest BCUT2D eigenvalue weighted by molar-refractivity contribution is 7.89. The molecule has 6 heteroatoms. The Morgan fingerprint density at radius 3 is 2.50 bits per heavy atom. The molecular weight excluding hydrogens is 344 g/mol. The molecule has 0 bridgehead atoms. The van der Waals surface area contributed by atoms with Gasteiger partial charge in [0.25, 0.3) is 0 Å². The normalized spacial score (nSPS) is 16.4. The predicted molar refractivity (Wildman–Crippen MR) is 95.9 cm³/mol. The molecule has 0 radical (unpaired) electrons. The number of benzene rings is 2. The van der Waals surface area contributed by atoms with Crippen LogP contribution in [0.3, 0.4) is 0 Å². The molecule has 124 valence electrons. The molecule has 1 saturated carbocycles. The summed E-state index contributed by atoms with van der Waals surface area (Å²) in [5.74, 6) is 0. The first-order valence-corrected chi connectivity index (χ1v) is 9.68. The number of aromatic nitrogens is 1. The molecule has 0 aliphatic heterocycles. The number of hydrogen-bond donors (Lipinski definition) is 2. The zero-order valence-corrected chi connectivity index (χ0v) is 14.5. The number of hydrogen-bond acceptors (Lipinski definition) is 2. The molecule has 24 heavy (non-hydrogen) atoms. The fraction of sp³-hybridized carbons (Fsp3) is 0.222. The molecule has 4 rings (SSSR count). The van der Waals surface area contributed by atoms with Crippen LogP contribution in [0.25, 0.3) is 10.9 Å². The molecule has 2 aromatic carbocycles. The standard InChI is InChI=1S/C18H17ClN2O2S/c19-13-5-7-14(8-6-13)24(22,23)21-12-18(9-10-18)16-11-20-17-4-2-1-3-15(16)17/h1-8,11,20-21H,9-10,12H2. The molecule has 1 aromatic heterocycles. The van der Waals surface area contributed by atoms with Crippen molar-refractivity contribution < 1.29 is 8.42 Å². The Labute approximate surface area is 145 Å². The highest BCUT2D eigenvalue weighted by atomic mass is 35.5. The van der Waals surface area contributed by atoms with Crippen molar-refractivity contribution in [2.24, 2.45) is 0 Å². The lowest BCUT2D eigenvalue weighted by Crippen LogP contribution is -2.32. The van der Waals surface area contributed by atoms with Gasteiger partial charge < -0.3 is 4.98 Å². The van der Waals surface area contributed by atoms with Crippen molar-refractivity contribution in [1.29, 1.82) is 0 Å². The van der Waals surface area contributed by atoms with Crippen molar-refractivity contribution in [3.8, 4) is 0 Å². The maximum absolute atomic E-state index is 12.5. The van der Waals surface area contributed by atoms with E-state index in [0.717, 1.165) is 18.4 Å². The first-order valence-electron chi connectivity index (χ1n) is 7.82. The molecule has 0 amide bonds. The summed E-state index contributed by atoms with van der Waals surface area (Å²) in [7, 11) is -3.53. The molecule has 4 nitrogen and oxygen atoms in total. The van der Waals surface area contributed by atoms with Gasteiger partial charge in [0.15, 0.2) is 0 Å². The van der Waals surface area contributed by atoms with Crippen LogP contribution in [0.4, 0.5) is 0 Å². The smallest absolute Gasteiger partial charge is 0.240 e. The molecule has 2 N–H and O–H groups in total. The zero-order chi connectivity index (χ0) is 16.8. The lowest BCUT2D eigenvalue weighted by atomic mass is 9.96. The summed E-state index contributed by atoms with van der Waals surface area (Å²) < 4.78 is 27.7. The third-order valence-corrected chi connectivity index (χ3v) is 6.41. The van der Waals surface area contributed by atoms with E-state index in [0.29, 0.717) is 11.6 Å². The van der Waals surface area contributed by atoms with Gasteiger partial charge in [-0.25, -0.2) is 13.1 Å². The van der Waals surface area contributed by atoms with Crippen LogP contribution < -0.4 is 4.72 Å². The van der Waals surface area contributed by atoms with E-state index >= 15 is 0 Å². The van der Waals surface area contributed by atoms with Gasteiger partial charge in [0.05, 0.1) is 4.90 Å². The summed E-state index contributed by atoms with van der Waals surface area (Å²) in [6.45, 7) is 0.403. The fourth-order valence-corrected chi connectivity index (χ4v) is 4.39. The minimum absolute atomic E-state index is 0.112. The maximum Gasteiger partial charge on any atom is 0.240 e. The number of H-pyrrole nitrogens is 1. The largest absolute Gasteiger partial charge is 0.361 e. The first kappa shape index (κ1) is 15.7. The van der Waals surface area contributed by atoms with Crippen molar-refractivity contribution in [2.75, 3.05) is 6.54 Å². The van der Waals surface area contributed by atoms with Crippen molar-refractivity contribution in [3.05, 3.63) is 65.3 Å². The van der Waals surface area contributed by atoms with E-state index in [9.17, 15) is 8.42 Å². The van der Waals surface area contributed by atoms with E-state index in [-0.39, 0.29) is 10.3 Å². The quantitative estimate of drug-likeness (QED) is 0.726. The summed E-state index contributed by atoms with van der Waals surface area (Å²) in [6.07, 6.45) is 3.98. The van der Waals surface area contributed by atoms with Crippen molar-refractivity contribution in [3.63, 3.8) is 0 Å². The van der Waals surface area contributed by atoms with Crippen LogP contribution in [-0.2, 0) is 15.4 Å². The van der Waals surface area contributed by atoms with Gasteiger partial charge in [-0.3, -0.25) is 0 Å². The average Bonchev–Trinajstić information content (AvgIpc) is 3.24. The number of nitrogens with one attached hydrogen (secondary N) is 2. The van der Waals surface area contributed by atoms with E-state index in [1.807, 2.05) is 24.4 Å². The number of aromatic amines is 1. The fourth-order valence-electron chi connectivity index (χ4n) is 3.13. The second-order valence-corrected chi connectivity index (χ2v) is 8.51. The van der Waals surface area contributed by atoms with E-state index in [1.54, 1.807) is 12.1 Å². The predicted octanol–water partition coefficient (Wildman–Crippen LogP) is 3.83. The van der Waals surface area contributed by atoms with Gasteiger partial charge in [0.1, 0.15) is 0 Å². The third kappa shape index (κ3) is 2.73. The zero-order valence-electron chi connectivity index (χ0n) is 12.9. The highest BCUT2D eigenvalue weighted by Crippen LogP contribution is 2.50. The summed E-state index contributed by atoms with van der Waals surface area (Å²) in [5.41, 5.74) is 2.16. The van der Waals surface area contributed by atoms with Crippen LogP contribution in [0.15, 0.2) is 59.6 Å². The Morgan fingerprint density at radius 1 is 1.08 bits per heavy atom. The minimum Gasteiger partial charge on any atom is -0.361 e. The SMILES string of the molecule is O=S(=O)(NCC1(c2c[nH]c3ccccc23)CC1)c1ccc(Cl)cc1. The second kappa shape index (κ2) is 5.62. The summed E-state index contributed by atoms with van der Waals surface area (Å²) in [5, 5.41) is 1.69. The molecule has 1 aliphatic rings. The van der Waals surface area contributed by atoms with Gasteiger partial charge in [0.2, 0.25) is 10.0 Å². The molecule has 0 unspecified atom stereocenters. The summed E-state index contributed by atoms with van der Waals surface area (Å²) >= 11 is 5.83. The number of para-hydroxylation sites is 1. The number of sulfonamides is 1. The van der Waals surface area contributed by atoms with Crippen LogP contribution in [0, 0.1) is 0 Å². The molecule has 0 saturated heterocycles. The number of rotatable bonds is 5. The molecule has 1 heterocycles. The van der Waals surface area contributed by atoms with Gasteiger partial charge in [-0.1, -0.05) is 29.8 Å². The van der Waals surface area contributed by atoms with Gasteiger partial charge in [-0.05, 0) is 48.7 Å². The number of fused-ring (bicyclic) bond motifs is 1. The molecule has 3 aromatic rings. The van der Waals surface area contributed by atoms with E-state index in [2.05, 4.69) is 15.8 Å². The van der Waals surface area contributed by atoms with Gasteiger partial charge >= 0.3 is 0 Å². The van der Waals surface area contributed by atoms with Crippen LogP contribution in [0.1, 0.15) is 18.4 Å². The van der Waals surface area contributed by atoms with Crippen LogP contribution in [0.2, 0.25) is 5.02 Å². The molecule has 0 spiro atoms. The minimum atomic E-state index is -3.53. The van der Waals surface area contributed by atoms with Crippen molar-refractivity contribution in [1.82, 2.24) is 9.71 Å². The Hall–Kier alpha value is -1.82. The van der Waals surface area contributed by atoms with E-state index < -0.39 is 10.0 Å². The van der Waals surface area contributed by atoms with Crippen LogP contribution in [-0.4, -0.2) is 19.9 Å². The molecular formula is C18H17ClN2O2S. The van der Waals surface area contributed by atoms with Crippen LogP contribution >= 0.6 is 11.6 Å². The highest BCUT2D eigenvalue weighted by Gasteiger charge is 2.46. The third-order valence-electron chi connectivity index (χ3n) is 4.74. The van der Waals surface area contributed by atoms with Crippen LogP contribution in [0.5, 0.6) is 0 Å². The lowest BCUT2D eigenvalue weighted by Gasteiger charge is -2.16. The van der Waals surface area contributed by atoms with Gasteiger partial charge in [-0.15, -0.1) is 0 Å². The van der Waals surface area contributed by atoms with E-state index in [1.165, 1.54) is 23.1 Å². The van der Waals surface area contributed by atoms with Gasteiger partial charge in [0, 0.05) is 34.1 Å². The Kier molecular flexibility index (Phi) is 3.67. The lowest BCUT2D eigenvalue weighted by molar-refractivity contribution is 0.568. The number of halogens is 1.